The van der Waals surface area contributed by atoms with Crippen LogP contribution in [0, 0.1) is 10.1 Å². The third-order valence-electron chi connectivity index (χ3n) is 5.90. The number of amidine groups is 1. The van der Waals surface area contributed by atoms with E-state index in [1.54, 1.807) is 32.4 Å². The molecule has 1 N–H and O–H groups in total. The van der Waals surface area contributed by atoms with Crippen molar-refractivity contribution in [3.05, 3.63) is 58.1 Å². The van der Waals surface area contributed by atoms with E-state index >= 15 is 0 Å². The molecule has 2 aromatic rings. The highest BCUT2D eigenvalue weighted by Gasteiger charge is 2.55. The summed E-state index contributed by atoms with van der Waals surface area (Å²) < 4.78 is 13.2. The lowest BCUT2D eigenvalue weighted by atomic mass is 9.99. The maximum absolute atomic E-state index is 12.0. The molecular weight excluding hydrogens is 466 g/mol. The third-order valence-corrected chi connectivity index (χ3v) is 5.90. The molecule has 2 heterocycles. The highest BCUT2D eigenvalue weighted by Crippen LogP contribution is 2.43. The van der Waals surface area contributed by atoms with Gasteiger partial charge in [-0.2, -0.15) is 4.90 Å². The van der Waals surface area contributed by atoms with Gasteiger partial charge in [-0.15, -0.1) is 0 Å². The Balaban J connectivity index is 0.00000272. The summed E-state index contributed by atoms with van der Waals surface area (Å²) in [6, 6.07) is 11.7. The zero-order chi connectivity index (χ0) is 21.3. The van der Waals surface area contributed by atoms with Crippen LogP contribution in [-0.2, 0) is 5.72 Å². The summed E-state index contributed by atoms with van der Waals surface area (Å²) in [5, 5.41) is 23.1. The predicted molar refractivity (Wildman–Crippen MR) is 112 cm³/mol. The van der Waals surface area contributed by atoms with E-state index in [4.69, 9.17) is 9.47 Å². The Bertz CT molecular complexity index is 995. The molecule has 4 rings (SSSR count). The van der Waals surface area contributed by atoms with Gasteiger partial charge >= 0.3 is 0 Å². The van der Waals surface area contributed by atoms with Gasteiger partial charge in [-0.05, 0) is 43.5 Å². The fourth-order valence-corrected chi connectivity index (χ4v) is 4.40. The number of nitrogens with zero attached hydrogens (tertiary/aromatic N) is 3. The number of anilines is 1. The molecule has 166 valence electrons. The number of nitro groups is 1. The molecule has 1 unspecified atom stereocenters. The van der Waals surface area contributed by atoms with Crippen molar-refractivity contribution in [3.8, 4) is 11.5 Å². The molecule has 0 spiro atoms. The van der Waals surface area contributed by atoms with Crippen LogP contribution in [0.25, 0.3) is 0 Å². The Morgan fingerprint density at radius 1 is 1.10 bits per heavy atom. The highest BCUT2D eigenvalue weighted by molar-refractivity contribution is 5.98. The van der Waals surface area contributed by atoms with E-state index < -0.39 is 10.6 Å². The number of ether oxygens (including phenoxy) is 2. The topological polar surface area (TPSA) is 88.1 Å². The minimum atomic E-state index is -1.37. The SMILES string of the molecule is COc1ccc(N2C3=[N+](CCCCC3)CC2(O)c2ccc([N+](=O)[O-])cc2)c(OC)c1.[Br-]. The maximum Gasteiger partial charge on any atom is 0.275 e. The van der Waals surface area contributed by atoms with E-state index in [0.717, 1.165) is 43.8 Å². The molecule has 0 saturated heterocycles. The Morgan fingerprint density at radius 3 is 2.48 bits per heavy atom. The maximum atomic E-state index is 12.0. The molecule has 9 heteroatoms. The molecule has 0 aromatic heterocycles. The highest BCUT2D eigenvalue weighted by atomic mass is 79.9. The van der Waals surface area contributed by atoms with E-state index in [1.165, 1.54) is 12.1 Å². The van der Waals surface area contributed by atoms with Crippen molar-refractivity contribution >= 4 is 17.2 Å². The van der Waals surface area contributed by atoms with Crippen molar-refractivity contribution in [2.75, 3.05) is 32.2 Å². The molecule has 0 saturated carbocycles. The monoisotopic (exact) mass is 491 g/mol. The summed E-state index contributed by atoms with van der Waals surface area (Å²) in [7, 11) is 3.19. The van der Waals surface area contributed by atoms with Crippen LogP contribution < -0.4 is 31.4 Å². The second kappa shape index (κ2) is 9.23. The van der Waals surface area contributed by atoms with Crippen LogP contribution in [0.5, 0.6) is 11.5 Å². The van der Waals surface area contributed by atoms with Crippen LogP contribution in [0.2, 0.25) is 0 Å². The summed E-state index contributed by atoms with van der Waals surface area (Å²) in [6.45, 7) is 1.24. The summed E-state index contributed by atoms with van der Waals surface area (Å²) in [4.78, 5) is 12.6. The fraction of sp³-hybridized carbons (Fsp3) is 0.409. The van der Waals surface area contributed by atoms with Gasteiger partial charge in [-0.3, -0.25) is 14.7 Å². The first-order chi connectivity index (χ1) is 14.5. The lowest BCUT2D eigenvalue weighted by molar-refractivity contribution is -0.534. The third kappa shape index (κ3) is 4.12. The van der Waals surface area contributed by atoms with Crippen LogP contribution >= 0.6 is 0 Å². The zero-order valence-corrected chi connectivity index (χ0v) is 19.2. The Kier molecular flexibility index (Phi) is 6.86. The van der Waals surface area contributed by atoms with Crippen LogP contribution in [0.15, 0.2) is 42.5 Å². The minimum absolute atomic E-state index is 0. The number of aliphatic hydroxyl groups is 1. The molecule has 0 fully saturated rings. The van der Waals surface area contributed by atoms with E-state index in [-0.39, 0.29) is 22.7 Å². The molecule has 0 amide bonds. The smallest absolute Gasteiger partial charge is 0.275 e. The Morgan fingerprint density at radius 2 is 1.84 bits per heavy atom. The number of methoxy groups -OCH3 is 2. The number of non-ortho nitro benzene ring substituents is 1. The van der Waals surface area contributed by atoms with Crippen molar-refractivity contribution in [1.82, 2.24) is 0 Å². The largest absolute Gasteiger partial charge is 1.00 e. The van der Waals surface area contributed by atoms with Crippen molar-refractivity contribution in [1.29, 1.82) is 0 Å². The Labute approximate surface area is 191 Å². The van der Waals surface area contributed by atoms with Crippen molar-refractivity contribution in [3.63, 3.8) is 0 Å². The van der Waals surface area contributed by atoms with Gasteiger partial charge < -0.3 is 31.6 Å². The van der Waals surface area contributed by atoms with E-state index in [2.05, 4.69) is 4.58 Å². The molecule has 2 aromatic carbocycles. The van der Waals surface area contributed by atoms with Crippen LogP contribution in [0.1, 0.15) is 31.2 Å². The summed E-state index contributed by atoms with van der Waals surface area (Å²) in [5.74, 6) is 2.29. The van der Waals surface area contributed by atoms with Gasteiger partial charge in [0, 0.05) is 30.2 Å². The van der Waals surface area contributed by atoms with Crippen molar-refractivity contribution in [2.24, 2.45) is 0 Å². The van der Waals surface area contributed by atoms with Crippen molar-refractivity contribution in [2.45, 2.75) is 31.4 Å². The number of halogens is 1. The second-order valence-electron chi connectivity index (χ2n) is 7.64. The van der Waals surface area contributed by atoms with Gasteiger partial charge in [0.1, 0.15) is 5.75 Å². The number of hydrogen-bond acceptors (Lipinski definition) is 6. The van der Waals surface area contributed by atoms with Crippen LogP contribution in [0.4, 0.5) is 11.4 Å². The van der Waals surface area contributed by atoms with E-state index in [9.17, 15) is 15.2 Å². The van der Waals surface area contributed by atoms with Crippen molar-refractivity contribution < 1.29 is 41.1 Å². The van der Waals surface area contributed by atoms with Gasteiger partial charge in [-0.25, -0.2) is 0 Å². The molecule has 2 aliphatic rings. The van der Waals surface area contributed by atoms with E-state index in [1.807, 2.05) is 17.0 Å². The minimum Gasteiger partial charge on any atom is -1.00 e. The first-order valence-corrected chi connectivity index (χ1v) is 10.1. The predicted octanol–water partition coefficient (Wildman–Crippen LogP) is 0.266. The molecule has 0 radical (unpaired) electrons. The number of nitro benzene ring substituents is 1. The van der Waals surface area contributed by atoms with Gasteiger partial charge in [0.25, 0.3) is 17.2 Å². The second-order valence-corrected chi connectivity index (χ2v) is 7.64. The summed E-state index contributed by atoms with van der Waals surface area (Å²) in [5.41, 5.74) is -0.0369. The first kappa shape index (κ1) is 23.0. The molecule has 8 nitrogen and oxygen atoms in total. The summed E-state index contributed by atoms with van der Waals surface area (Å²) >= 11 is 0. The van der Waals surface area contributed by atoms with Gasteiger partial charge in [0.15, 0.2) is 18.0 Å². The average molecular weight is 492 g/mol. The standard InChI is InChI=1S/C22H26N3O5.BrH/c1-29-18-11-12-19(20(14-18)30-2)24-21-6-4-3-5-13-23(21)15-22(24,26)16-7-9-17(10-8-16)25(27)28;/h7-12,14,26H,3-6,13,15H2,1-2H3;1H/q+1;/p-1. The summed E-state index contributed by atoms with van der Waals surface area (Å²) in [6.07, 6.45) is 4.08. The molecule has 0 bridgehead atoms. The lowest BCUT2D eigenvalue weighted by Gasteiger charge is -2.30. The average Bonchev–Trinajstić information content (AvgIpc) is 2.89. The van der Waals surface area contributed by atoms with E-state index in [0.29, 0.717) is 23.6 Å². The van der Waals surface area contributed by atoms with Crippen LogP contribution in [0.3, 0.4) is 0 Å². The molecule has 1 atom stereocenters. The number of benzene rings is 2. The molecular formula is C22H26BrN3O5. The fourth-order valence-electron chi connectivity index (χ4n) is 4.40. The normalized spacial score (nSPS) is 20.5. The van der Waals surface area contributed by atoms with Crippen LogP contribution in [-0.4, -0.2) is 47.8 Å². The molecule has 0 aliphatic carbocycles. The first-order valence-electron chi connectivity index (χ1n) is 10.1. The zero-order valence-electron chi connectivity index (χ0n) is 17.6. The Hall–Kier alpha value is -2.65. The van der Waals surface area contributed by atoms with Gasteiger partial charge in [0.05, 0.1) is 25.7 Å². The van der Waals surface area contributed by atoms with Gasteiger partial charge in [-0.1, -0.05) is 0 Å². The quantitative estimate of drug-likeness (QED) is 0.366. The molecule has 2 aliphatic heterocycles. The van der Waals surface area contributed by atoms with Gasteiger partial charge in [0.2, 0.25) is 0 Å². The number of rotatable bonds is 5. The number of hydrogen-bond donors (Lipinski definition) is 1. The lowest BCUT2D eigenvalue weighted by Crippen LogP contribution is -3.00. The molecule has 31 heavy (non-hydrogen) atoms.